The number of rotatable bonds is 8. The Morgan fingerprint density at radius 1 is 1.16 bits per heavy atom. The number of benzene rings is 2. The fourth-order valence-electron chi connectivity index (χ4n) is 4.15. The van der Waals surface area contributed by atoms with Gasteiger partial charge in [-0.25, -0.2) is 0 Å². The van der Waals surface area contributed by atoms with Gasteiger partial charge in [-0.05, 0) is 54.1 Å². The Bertz CT molecular complexity index is 990. The van der Waals surface area contributed by atoms with E-state index in [1.807, 2.05) is 48.5 Å². The first-order chi connectivity index (χ1) is 15.2. The number of carboxylic acids is 1. The highest BCUT2D eigenvalue weighted by atomic mass is 32.1. The molecule has 0 amide bonds. The summed E-state index contributed by atoms with van der Waals surface area (Å²) in [6, 6.07) is 20.2. The van der Waals surface area contributed by atoms with Gasteiger partial charge in [0.2, 0.25) is 0 Å². The predicted octanol–water partition coefficient (Wildman–Crippen LogP) is 5.22. The average molecular weight is 438 g/mol. The standard InChI is InChI=1S/C25H27NO4S/c1-29-22-15-19(11-12-21(22)30-17-18-7-3-2-4-8-18)24(23-10-6-14-31-23)26-13-5-9-20(16-26)25(27)28/h2-4,6-8,10-12,14-15,20,24H,5,9,13,16-17H2,1H3,(H,27,28). The molecule has 0 saturated carbocycles. The van der Waals surface area contributed by atoms with Crippen molar-refractivity contribution in [1.82, 2.24) is 4.90 Å². The summed E-state index contributed by atoms with van der Waals surface area (Å²) in [4.78, 5) is 15.1. The van der Waals surface area contributed by atoms with E-state index in [9.17, 15) is 9.90 Å². The largest absolute Gasteiger partial charge is 0.493 e. The Morgan fingerprint density at radius 2 is 2.00 bits per heavy atom. The normalized spacial score (nSPS) is 17.8. The van der Waals surface area contributed by atoms with Gasteiger partial charge >= 0.3 is 5.97 Å². The van der Waals surface area contributed by atoms with E-state index in [-0.39, 0.29) is 12.0 Å². The van der Waals surface area contributed by atoms with Crippen LogP contribution < -0.4 is 9.47 Å². The van der Waals surface area contributed by atoms with Gasteiger partial charge in [-0.3, -0.25) is 9.69 Å². The van der Waals surface area contributed by atoms with E-state index in [0.29, 0.717) is 24.7 Å². The van der Waals surface area contributed by atoms with Gasteiger partial charge in [0.15, 0.2) is 11.5 Å². The summed E-state index contributed by atoms with van der Waals surface area (Å²) >= 11 is 1.69. The molecule has 0 aliphatic carbocycles. The summed E-state index contributed by atoms with van der Waals surface area (Å²) in [5.74, 6) is 0.340. The molecule has 0 radical (unpaired) electrons. The van der Waals surface area contributed by atoms with E-state index < -0.39 is 5.97 Å². The second-order valence-electron chi connectivity index (χ2n) is 7.77. The van der Waals surface area contributed by atoms with Gasteiger partial charge in [-0.15, -0.1) is 11.3 Å². The summed E-state index contributed by atoms with van der Waals surface area (Å²) in [5.41, 5.74) is 2.18. The third-order valence-electron chi connectivity index (χ3n) is 5.72. The van der Waals surface area contributed by atoms with Crippen molar-refractivity contribution < 1.29 is 19.4 Å². The molecule has 1 fully saturated rings. The molecule has 4 rings (SSSR count). The third kappa shape index (κ3) is 5.09. The third-order valence-corrected chi connectivity index (χ3v) is 6.65. The molecule has 0 spiro atoms. The van der Waals surface area contributed by atoms with Crippen molar-refractivity contribution in [2.24, 2.45) is 5.92 Å². The number of ether oxygens (including phenoxy) is 2. The molecule has 2 aromatic carbocycles. The quantitative estimate of drug-likeness (QED) is 0.523. The molecule has 2 heterocycles. The Morgan fingerprint density at radius 3 is 2.71 bits per heavy atom. The highest BCUT2D eigenvalue weighted by Gasteiger charge is 2.32. The molecule has 1 aliphatic rings. The number of carboxylic acid groups (broad SMARTS) is 1. The van der Waals surface area contributed by atoms with Gasteiger partial charge in [-0.1, -0.05) is 42.5 Å². The molecule has 2 unspecified atom stereocenters. The number of hydrogen-bond acceptors (Lipinski definition) is 5. The number of aliphatic carboxylic acids is 1. The minimum Gasteiger partial charge on any atom is -0.493 e. The van der Waals surface area contributed by atoms with E-state index >= 15 is 0 Å². The minimum atomic E-state index is -0.711. The van der Waals surface area contributed by atoms with Crippen LogP contribution in [0.5, 0.6) is 11.5 Å². The number of piperidine rings is 1. The van der Waals surface area contributed by atoms with Crippen LogP contribution in [0, 0.1) is 5.92 Å². The van der Waals surface area contributed by atoms with Crippen LogP contribution in [-0.2, 0) is 11.4 Å². The zero-order chi connectivity index (χ0) is 21.6. The molecule has 1 aromatic heterocycles. The lowest BCUT2D eigenvalue weighted by molar-refractivity contribution is -0.143. The lowest BCUT2D eigenvalue weighted by atomic mass is 9.94. The summed E-state index contributed by atoms with van der Waals surface area (Å²) in [5, 5.41) is 11.6. The molecular formula is C25H27NO4S. The van der Waals surface area contributed by atoms with Crippen molar-refractivity contribution in [1.29, 1.82) is 0 Å². The number of thiophene rings is 1. The molecule has 6 heteroatoms. The Hall–Kier alpha value is -2.83. The molecule has 5 nitrogen and oxygen atoms in total. The molecule has 162 valence electrons. The van der Waals surface area contributed by atoms with Crippen LogP contribution in [0.3, 0.4) is 0 Å². The van der Waals surface area contributed by atoms with Crippen LogP contribution in [0.15, 0.2) is 66.0 Å². The first-order valence-electron chi connectivity index (χ1n) is 10.5. The molecular weight excluding hydrogens is 410 g/mol. The van der Waals surface area contributed by atoms with Crippen LogP contribution >= 0.6 is 11.3 Å². The maximum absolute atomic E-state index is 11.6. The number of likely N-dealkylation sites (tertiary alicyclic amines) is 1. The SMILES string of the molecule is COc1cc(C(c2cccs2)N2CCCC(C(=O)O)C2)ccc1OCc1ccccc1. The van der Waals surface area contributed by atoms with E-state index in [1.165, 1.54) is 4.88 Å². The highest BCUT2D eigenvalue weighted by molar-refractivity contribution is 7.10. The van der Waals surface area contributed by atoms with Crippen LogP contribution in [0.2, 0.25) is 0 Å². The van der Waals surface area contributed by atoms with Gasteiger partial charge in [0.05, 0.1) is 19.1 Å². The Balaban J connectivity index is 1.60. The van der Waals surface area contributed by atoms with Crippen molar-refractivity contribution in [3.63, 3.8) is 0 Å². The van der Waals surface area contributed by atoms with Crippen LogP contribution in [0.25, 0.3) is 0 Å². The van der Waals surface area contributed by atoms with Gasteiger partial charge in [0.1, 0.15) is 6.61 Å². The second-order valence-corrected chi connectivity index (χ2v) is 8.75. The second kappa shape index (κ2) is 9.98. The summed E-state index contributed by atoms with van der Waals surface area (Å²) in [7, 11) is 1.65. The van der Waals surface area contributed by atoms with Crippen molar-refractivity contribution in [2.75, 3.05) is 20.2 Å². The molecule has 1 N–H and O–H groups in total. The molecule has 31 heavy (non-hydrogen) atoms. The lowest BCUT2D eigenvalue weighted by Gasteiger charge is -2.37. The minimum absolute atomic E-state index is 0.000719. The van der Waals surface area contributed by atoms with E-state index in [2.05, 4.69) is 22.4 Å². The topological polar surface area (TPSA) is 59.0 Å². The van der Waals surface area contributed by atoms with Crippen molar-refractivity contribution in [3.05, 3.63) is 82.0 Å². The van der Waals surface area contributed by atoms with Crippen molar-refractivity contribution >= 4 is 17.3 Å². The number of hydrogen-bond donors (Lipinski definition) is 1. The van der Waals surface area contributed by atoms with Gasteiger partial charge in [0.25, 0.3) is 0 Å². The van der Waals surface area contributed by atoms with E-state index in [0.717, 1.165) is 30.5 Å². The lowest BCUT2D eigenvalue weighted by Crippen LogP contribution is -2.41. The molecule has 1 saturated heterocycles. The van der Waals surface area contributed by atoms with Crippen LogP contribution in [0.4, 0.5) is 0 Å². The van der Waals surface area contributed by atoms with Crippen LogP contribution in [-0.4, -0.2) is 36.2 Å². The van der Waals surface area contributed by atoms with E-state index in [1.54, 1.807) is 18.4 Å². The summed E-state index contributed by atoms with van der Waals surface area (Å²) < 4.78 is 11.7. The molecule has 1 aliphatic heterocycles. The average Bonchev–Trinajstić information content (AvgIpc) is 3.33. The Kier molecular flexibility index (Phi) is 6.89. The number of carbonyl (C=O) groups is 1. The maximum Gasteiger partial charge on any atom is 0.307 e. The summed E-state index contributed by atoms with van der Waals surface area (Å²) in [6.07, 6.45) is 1.62. The number of nitrogens with zero attached hydrogens (tertiary/aromatic N) is 1. The summed E-state index contributed by atoms with van der Waals surface area (Å²) in [6.45, 7) is 1.89. The van der Waals surface area contributed by atoms with Crippen molar-refractivity contribution in [3.8, 4) is 11.5 Å². The molecule has 0 bridgehead atoms. The van der Waals surface area contributed by atoms with Crippen molar-refractivity contribution in [2.45, 2.75) is 25.5 Å². The van der Waals surface area contributed by atoms with Gasteiger partial charge in [0, 0.05) is 11.4 Å². The zero-order valence-corrected chi connectivity index (χ0v) is 18.4. The maximum atomic E-state index is 11.6. The smallest absolute Gasteiger partial charge is 0.307 e. The first-order valence-corrected chi connectivity index (χ1v) is 11.4. The Labute approximate surface area is 186 Å². The first kappa shape index (κ1) is 21.4. The molecule has 2 atom stereocenters. The fourth-order valence-corrected chi connectivity index (χ4v) is 5.04. The van der Waals surface area contributed by atoms with E-state index in [4.69, 9.17) is 9.47 Å². The fraction of sp³-hybridized carbons (Fsp3) is 0.320. The highest BCUT2D eigenvalue weighted by Crippen LogP contribution is 2.39. The predicted molar refractivity (Wildman–Crippen MR) is 122 cm³/mol. The number of methoxy groups -OCH3 is 1. The van der Waals surface area contributed by atoms with Gasteiger partial charge < -0.3 is 14.6 Å². The monoisotopic (exact) mass is 437 g/mol. The van der Waals surface area contributed by atoms with Gasteiger partial charge in [-0.2, -0.15) is 0 Å². The van der Waals surface area contributed by atoms with Crippen LogP contribution in [0.1, 0.15) is 34.9 Å². The zero-order valence-electron chi connectivity index (χ0n) is 17.6. The molecule has 3 aromatic rings.